The van der Waals surface area contributed by atoms with Crippen LogP contribution in [0.5, 0.6) is 11.5 Å². The van der Waals surface area contributed by atoms with Crippen molar-refractivity contribution in [2.45, 2.75) is 19.4 Å². The van der Waals surface area contributed by atoms with Crippen LogP contribution in [-0.2, 0) is 6.42 Å². The van der Waals surface area contributed by atoms with Crippen molar-refractivity contribution in [3.8, 4) is 11.5 Å². The topological polar surface area (TPSA) is 101 Å². The third-order valence-electron chi connectivity index (χ3n) is 2.10. The average molecular weight is 248 g/mol. The van der Waals surface area contributed by atoms with Gasteiger partial charge >= 0.3 is 29.6 Å². The molecule has 0 saturated carbocycles. The molecule has 0 aromatic heterocycles. The quantitative estimate of drug-likeness (QED) is 0.363. The van der Waals surface area contributed by atoms with Crippen LogP contribution in [0.3, 0.4) is 0 Å². The Morgan fingerprint density at radius 1 is 1.53 bits per heavy atom. The van der Waals surface area contributed by atoms with Gasteiger partial charge < -0.3 is 15.6 Å². The number of nitrogens with two attached hydrogens (primary N) is 1. The van der Waals surface area contributed by atoms with Crippen LogP contribution >= 0.6 is 0 Å². The van der Waals surface area contributed by atoms with Crippen molar-refractivity contribution < 1.29 is 44.3 Å². The molecular weight excluding hydrogens is 235 g/mol. The van der Waals surface area contributed by atoms with Gasteiger partial charge in [-0.1, -0.05) is 11.8 Å². The Bertz CT molecular complexity index is 410. The Labute approximate surface area is 121 Å². The second-order valence-corrected chi connectivity index (χ2v) is 3.57. The molecule has 1 aromatic carbocycles. The normalized spacial score (nSPS) is 11.5. The van der Waals surface area contributed by atoms with Gasteiger partial charge in [-0.05, 0) is 13.3 Å². The number of nitrogens with zero attached hydrogens (tertiary/aromatic N) is 1. The Hall–Kier alpha value is -0.820. The zero-order chi connectivity index (χ0) is 12.3. The summed E-state index contributed by atoms with van der Waals surface area (Å²) in [5, 5.41) is 22.2. The van der Waals surface area contributed by atoms with Crippen molar-refractivity contribution in [3.05, 3.63) is 27.8 Å². The third kappa shape index (κ3) is 4.16. The molecule has 6 nitrogen and oxygen atoms in total. The van der Waals surface area contributed by atoms with Crippen LogP contribution in [0.1, 0.15) is 12.5 Å². The van der Waals surface area contributed by atoms with E-state index in [1.807, 2.05) is 0 Å². The van der Waals surface area contributed by atoms with Crippen molar-refractivity contribution in [1.29, 1.82) is 0 Å². The number of nitro benzene ring substituents is 1. The van der Waals surface area contributed by atoms with Gasteiger partial charge in [-0.25, -0.2) is 0 Å². The monoisotopic (exact) mass is 248 g/mol. The largest absolute Gasteiger partial charge is 1.00 e. The Balaban J connectivity index is 0.00000256. The number of nitro groups is 1. The molecule has 0 fully saturated rings. The molecule has 88 valence electrons. The van der Waals surface area contributed by atoms with E-state index in [-0.39, 0.29) is 59.2 Å². The molecule has 0 heterocycles. The molecule has 1 unspecified atom stereocenters. The zero-order valence-electron chi connectivity index (χ0n) is 10.1. The van der Waals surface area contributed by atoms with E-state index >= 15 is 0 Å². The van der Waals surface area contributed by atoms with Gasteiger partial charge in [0.05, 0.1) is 18.1 Å². The van der Waals surface area contributed by atoms with Crippen LogP contribution in [0.4, 0.5) is 5.69 Å². The van der Waals surface area contributed by atoms with Crippen LogP contribution in [-0.4, -0.2) is 18.1 Å². The SMILES string of the molecule is COc1cc([N+](=O)[O-])c(CC(C)N)cc1[O-].[Na+]. The molecule has 1 aromatic rings. The number of hydrogen-bond acceptors (Lipinski definition) is 5. The fraction of sp³-hybridized carbons (Fsp3) is 0.400. The molecule has 0 amide bonds. The standard InChI is InChI=1S/C10H14N2O4.Na/c1-6(11)3-7-4-9(13)10(16-2)5-8(7)12(14)15;/h4-6,13H,3,11H2,1-2H3;/q;+1/p-1. The van der Waals surface area contributed by atoms with Crippen LogP contribution in [0.15, 0.2) is 12.1 Å². The van der Waals surface area contributed by atoms with Gasteiger partial charge in [-0.3, -0.25) is 10.1 Å². The summed E-state index contributed by atoms with van der Waals surface area (Å²) in [5.41, 5.74) is 5.77. The first-order valence-corrected chi connectivity index (χ1v) is 4.73. The Kier molecular flexibility index (Phi) is 6.48. The van der Waals surface area contributed by atoms with Crippen LogP contribution in [0.25, 0.3) is 0 Å². The van der Waals surface area contributed by atoms with Crippen molar-refractivity contribution in [3.63, 3.8) is 0 Å². The minimum atomic E-state index is -0.542. The predicted molar refractivity (Wildman–Crippen MR) is 56.4 cm³/mol. The van der Waals surface area contributed by atoms with Crippen molar-refractivity contribution in [2.75, 3.05) is 7.11 Å². The maximum absolute atomic E-state index is 11.4. The van der Waals surface area contributed by atoms with E-state index in [2.05, 4.69) is 0 Å². The molecule has 0 radical (unpaired) electrons. The molecule has 0 bridgehead atoms. The molecule has 1 rings (SSSR count). The van der Waals surface area contributed by atoms with E-state index in [1.54, 1.807) is 6.92 Å². The summed E-state index contributed by atoms with van der Waals surface area (Å²) in [6.07, 6.45) is 0.287. The Morgan fingerprint density at radius 3 is 2.53 bits per heavy atom. The predicted octanol–water partition coefficient (Wildman–Crippen LogP) is -2.43. The summed E-state index contributed by atoms with van der Waals surface area (Å²) >= 11 is 0. The molecule has 0 aliphatic carbocycles. The summed E-state index contributed by atoms with van der Waals surface area (Å²) in [4.78, 5) is 10.2. The van der Waals surface area contributed by atoms with Crippen molar-refractivity contribution in [1.82, 2.24) is 0 Å². The molecule has 0 aliphatic rings. The van der Waals surface area contributed by atoms with E-state index in [4.69, 9.17) is 10.5 Å². The summed E-state index contributed by atoms with van der Waals surface area (Å²) in [6.45, 7) is 1.72. The number of methoxy groups -OCH3 is 1. The van der Waals surface area contributed by atoms with E-state index in [1.165, 1.54) is 13.2 Å². The third-order valence-corrected chi connectivity index (χ3v) is 2.10. The number of benzene rings is 1. The van der Waals surface area contributed by atoms with Crippen LogP contribution in [0.2, 0.25) is 0 Å². The van der Waals surface area contributed by atoms with Gasteiger partial charge in [-0.15, -0.1) is 0 Å². The first-order valence-electron chi connectivity index (χ1n) is 4.73. The van der Waals surface area contributed by atoms with Crippen molar-refractivity contribution in [2.24, 2.45) is 5.73 Å². The molecule has 1 atom stereocenters. The van der Waals surface area contributed by atoms with Crippen LogP contribution in [0, 0.1) is 10.1 Å². The molecule has 17 heavy (non-hydrogen) atoms. The number of hydrogen-bond donors (Lipinski definition) is 1. The molecule has 0 spiro atoms. The molecule has 2 N–H and O–H groups in total. The van der Waals surface area contributed by atoms with E-state index in [0.717, 1.165) is 6.07 Å². The smallest absolute Gasteiger partial charge is 0.870 e. The fourth-order valence-corrected chi connectivity index (χ4v) is 1.43. The minimum Gasteiger partial charge on any atom is -0.870 e. The van der Waals surface area contributed by atoms with E-state index < -0.39 is 4.92 Å². The van der Waals surface area contributed by atoms with Gasteiger partial charge in [0.25, 0.3) is 5.69 Å². The summed E-state index contributed by atoms with van der Waals surface area (Å²) < 4.78 is 4.75. The summed E-state index contributed by atoms with van der Waals surface area (Å²) in [6, 6.07) is 2.10. The number of rotatable bonds is 4. The van der Waals surface area contributed by atoms with Gasteiger partial charge in [0.2, 0.25) is 0 Å². The van der Waals surface area contributed by atoms with Gasteiger partial charge in [0.15, 0.2) is 0 Å². The fourth-order valence-electron chi connectivity index (χ4n) is 1.43. The van der Waals surface area contributed by atoms with E-state index in [0.29, 0.717) is 5.56 Å². The maximum atomic E-state index is 11.4. The summed E-state index contributed by atoms with van der Waals surface area (Å²) in [7, 11) is 1.30. The molecule has 7 heteroatoms. The van der Waals surface area contributed by atoms with Gasteiger partial charge in [-0.2, -0.15) is 0 Å². The average Bonchev–Trinajstić information content (AvgIpc) is 2.16. The Morgan fingerprint density at radius 2 is 2.12 bits per heavy atom. The number of ether oxygens (including phenoxy) is 1. The molecular formula is C10H13N2NaO4. The van der Waals surface area contributed by atoms with E-state index in [9.17, 15) is 15.2 Å². The molecule has 0 aliphatic heterocycles. The maximum Gasteiger partial charge on any atom is 1.00 e. The van der Waals surface area contributed by atoms with Gasteiger partial charge in [0, 0.05) is 11.6 Å². The zero-order valence-corrected chi connectivity index (χ0v) is 12.1. The first kappa shape index (κ1) is 16.2. The van der Waals surface area contributed by atoms with Crippen LogP contribution < -0.4 is 45.1 Å². The minimum absolute atomic E-state index is 0. The molecule has 0 saturated heterocycles. The first-order chi connectivity index (χ1) is 7.45. The summed E-state index contributed by atoms with van der Waals surface area (Å²) in [5.74, 6) is -0.399. The van der Waals surface area contributed by atoms with Gasteiger partial charge in [0.1, 0.15) is 5.75 Å². The second-order valence-electron chi connectivity index (χ2n) is 3.57. The van der Waals surface area contributed by atoms with Crippen molar-refractivity contribution >= 4 is 5.69 Å². The second kappa shape index (κ2) is 6.80.